The van der Waals surface area contributed by atoms with Crippen LogP contribution in [-0.4, -0.2) is 31.2 Å². The van der Waals surface area contributed by atoms with Crippen LogP contribution < -0.4 is 10.2 Å². The molecule has 1 aliphatic heterocycles. The Kier molecular flexibility index (Phi) is 4.36. The van der Waals surface area contributed by atoms with Gasteiger partial charge in [-0.3, -0.25) is 0 Å². The Bertz CT molecular complexity index is 870. The average molecular weight is 335 g/mol. The highest BCUT2D eigenvalue weighted by Gasteiger charge is 2.21. The van der Waals surface area contributed by atoms with Crippen molar-refractivity contribution in [3.05, 3.63) is 60.4 Å². The van der Waals surface area contributed by atoms with Gasteiger partial charge in [-0.15, -0.1) is 0 Å². The molecule has 0 atom stereocenters. The maximum absolute atomic E-state index is 13.4. The molecule has 0 spiro atoms. The van der Waals surface area contributed by atoms with E-state index in [0.29, 0.717) is 6.04 Å². The Hall–Kier alpha value is -2.46. The van der Waals surface area contributed by atoms with Crippen LogP contribution in [0.2, 0.25) is 0 Å². The first-order valence-electron chi connectivity index (χ1n) is 8.81. The van der Waals surface area contributed by atoms with Gasteiger partial charge >= 0.3 is 0 Å². The number of benzene rings is 2. The third kappa shape index (κ3) is 3.22. The molecular weight excluding hydrogens is 313 g/mol. The zero-order valence-electron chi connectivity index (χ0n) is 14.4. The van der Waals surface area contributed by atoms with E-state index in [2.05, 4.69) is 29.4 Å². The quantitative estimate of drug-likeness (QED) is 0.776. The SMILES string of the molecule is CN(c1cc2ccccc2nc1-c1ccc(F)cc1)C1CCNCC1. The summed E-state index contributed by atoms with van der Waals surface area (Å²) in [7, 11) is 2.15. The molecule has 4 heteroatoms. The molecule has 1 saturated heterocycles. The molecule has 2 heterocycles. The first-order chi connectivity index (χ1) is 12.2. The number of aromatic nitrogens is 1. The molecule has 0 bridgehead atoms. The summed E-state index contributed by atoms with van der Waals surface area (Å²) in [6.45, 7) is 2.09. The number of hydrogen-bond donors (Lipinski definition) is 1. The van der Waals surface area contributed by atoms with Crippen molar-refractivity contribution in [1.82, 2.24) is 10.3 Å². The number of fused-ring (bicyclic) bond motifs is 1. The van der Waals surface area contributed by atoms with E-state index in [-0.39, 0.29) is 5.82 Å². The molecule has 25 heavy (non-hydrogen) atoms. The van der Waals surface area contributed by atoms with Crippen LogP contribution >= 0.6 is 0 Å². The topological polar surface area (TPSA) is 28.2 Å². The monoisotopic (exact) mass is 335 g/mol. The van der Waals surface area contributed by atoms with Crippen LogP contribution in [0.1, 0.15) is 12.8 Å². The number of nitrogens with one attached hydrogen (secondary N) is 1. The van der Waals surface area contributed by atoms with E-state index in [0.717, 1.165) is 53.8 Å². The minimum atomic E-state index is -0.224. The molecule has 128 valence electrons. The predicted octanol–water partition coefficient (Wildman–Crippen LogP) is 4.23. The molecule has 1 fully saturated rings. The molecule has 3 nitrogen and oxygen atoms in total. The molecule has 4 rings (SSSR count). The lowest BCUT2D eigenvalue weighted by Crippen LogP contribution is -2.41. The summed E-state index contributed by atoms with van der Waals surface area (Å²) in [6.07, 6.45) is 2.23. The highest BCUT2D eigenvalue weighted by Crippen LogP contribution is 2.34. The number of nitrogens with zero attached hydrogens (tertiary/aromatic N) is 2. The smallest absolute Gasteiger partial charge is 0.123 e. The number of anilines is 1. The van der Waals surface area contributed by atoms with Crippen LogP contribution in [0.4, 0.5) is 10.1 Å². The molecule has 0 amide bonds. The van der Waals surface area contributed by atoms with E-state index < -0.39 is 0 Å². The van der Waals surface area contributed by atoms with Crippen molar-refractivity contribution < 1.29 is 4.39 Å². The van der Waals surface area contributed by atoms with Crippen molar-refractivity contribution in [2.75, 3.05) is 25.0 Å². The normalized spacial score (nSPS) is 15.4. The van der Waals surface area contributed by atoms with Gasteiger partial charge in [-0.05, 0) is 62.3 Å². The van der Waals surface area contributed by atoms with E-state index in [9.17, 15) is 4.39 Å². The summed E-state index contributed by atoms with van der Waals surface area (Å²) in [4.78, 5) is 7.26. The fraction of sp³-hybridized carbons (Fsp3) is 0.286. The van der Waals surface area contributed by atoms with E-state index >= 15 is 0 Å². The predicted molar refractivity (Wildman–Crippen MR) is 101 cm³/mol. The van der Waals surface area contributed by atoms with Crippen LogP contribution in [0.3, 0.4) is 0 Å². The summed E-state index contributed by atoms with van der Waals surface area (Å²) in [5, 5.41) is 4.55. The maximum atomic E-state index is 13.4. The molecule has 0 saturated carbocycles. The summed E-state index contributed by atoms with van der Waals surface area (Å²) in [6, 6.07) is 17.5. The summed E-state index contributed by atoms with van der Waals surface area (Å²) in [5.74, 6) is -0.224. The molecule has 1 N–H and O–H groups in total. The molecule has 0 unspecified atom stereocenters. The van der Waals surface area contributed by atoms with Crippen LogP contribution in [0.25, 0.3) is 22.2 Å². The van der Waals surface area contributed by atoms with Crippen molar-refractivity contribution >= 4 is 16.6 Å². The molecule has 0 aliphatic carbocycles. The Balaban J connectivity index is 1.84. The standard InChI is InChI=1S/C21H22FN3/c1-25(18-10-12-23-13-11-18)20-14-16-4-2-3-5-19(16)24-21(20)15-6-8-17(22)9-7-15/h2-9,14,18,23H,10-13H2,1H3. The minimum absolute atomic E-state index is 0.224. The Morgan fingerprint density at radius 1 is 1.04 bits per heavy atom. The third-order valence-corrected chi connectivity index (χ3v) is 5.06. The van der Waals surface area contributed by atoms with Gasteiger partial charge in [-0.1, -0.05) is 18.2 Å². The maximum Gasteiger partial charge on any atom is 0.123 e. The summed E-state index contributed by atoms with van der Waals surface area (Å²) >= 11 is 0. The van der Waals surface area contributed by atoms with Crippen molar-refractivity contribution in [2.24, 2.45) is 0 Å². The van der Waals surface area contributed by atoms with Crippen LogP contribution in [0.15, 0.2) is 54.6 Å². The zero-order chi connectivity index (χ0) is 17.2. The van der Waals surface area contributed by atoms with Gasteiger partial charge in [0.15, 0.2) is 0 Å². The van der Waals surface area contributed by atoms with Gasteiger partial charge in [0, 0.05) is 24.0 Å². The van der Waals surface area contributed by atoms with Gasteiger partial charge in [-0.2, -0.15) is 0 Å². The van der Waals surface area contributed by atoms with Crippen molar-refractivity contribution in [2.45, 2.75) is 18.9 Å². The lowest BCUT2D eigenvalue weighted by molar-refractivity contribution is 0.443. The molecule has 1 aromatic heterocycles. The lowest BCUT2D eigenvalue weighted by Gasteiger charge is -2.34. The van der Waals surface area contributed by atoms with E-state index in [1.807, 2.05) is 30.3 Å². The minimum Gasteiger partial charge on any atom is -0.370 e. The van der Waals surface area contributed by atoms with Crippen LogP contribution in [0.5, 0.6) is 0 Å². The Labute approximate surface area is 147 Å². The van der Waals surface area contributed by atoms with Gasteiger partial charge in [-0.25, -0.2) is 9.37 Å². The van der Waals surface area contributed by atoms with E-state index in [1.165, 1.54) is 12.1 Å². The van der Waals surface area contributed by atoms with Crippen LogP contribution in [-0.2, 0) is 0 Å². The van der Waals surface area contributed by atoms with E-state index in [1.54, 1.807) is 0 Å². The number of hydrogen-bond acceptors (Lipinski definition) is 3. The number of piperidine rings is 1. The number of para-hydroxylation sites is 1. The average Bonchev–Trinajstić information content (AvgIpc) is 2.68. The Morgan fingerprint density at radius 3 is 2.52 bits per heavy atom. The molecular formula is C21H22FN3. The van der Waals surface area contributed by atoms with Crippen LogP contribution in [0, 0.1) is 5.82 Å². The largest absolute Gasteiger partial charge is 0.370 e. The van der Waals surface area contributed by atoms with Gasteiger partial charge in [0.05, 0.1) is 16.9 Å². The van der Waals surface area contributed by atoms with Crippen molar-refractivity contribution in [1.29, 1.82) is 0 Å². The molecule has 3 aromatic rings. The van der Waals surface area contributed by atoms with Gasteiger partial charge in [0.2, 0.25) is 0 Å². The third-order valence-electron chi connectivity index (χ3n) is 5.06. The first-order valence-corrected chi connectivity index (χ1v) is 8.81. The second-order valence-electron chi connectivity index (χ2n) is 6.65. The number of halogens is 1. The number of pyridine rings is 1. The summed E-state index contributed by atoms with van der Waals surface area (Å²) < 4.78 is 13.4. The van der Waals surface area contributed by atoms with Crippen molar-refractivity contribution in [3.63, 3.8) is 0 Å². The number of rotatable bonds is 3. The molecule has 2 aromatic carbocycles. The first kappa shape index (κ1) is 16.0. The van der Waals surface area contributed by atoms with Gasteiger partial charge < -0.3 is 10.2 Å². The Morgan fingerprint density at radius 2 is 1.76 bits per heavy atom. The highest BCUT2D eigenvalue weighted by atomic mass is 19.1. The van der Waals surface area contributed by atoms with Gasteiger partial charge in [0.1, 0.15) is 5.82 Å². The second kappa shape index (κ2) is 6.81. The fourth-order valence-corrected chi connectivity index (χ4v) is 3.58. The van der Waals surface area contributed by atoms with Gasteiger partial charge in [0.25, 0.3) is 0 Å². The second-order valence-corrected chi connectivity index (χ2v) is 6.65. The summed E-state index contributed by atoms with van der Waals surface area (Å²) in [5.41, 5.74) is 3.93. The van der Waals surface area contributed by atoms with Crippen molar-refractivity contribution in [3.8, 4) is 11.3 Å². The lowest BCUT2D eigenvalue weighted by atomic mass is 10.0. The fourth-order valence-electron chi connectivity index (χ4n) is 3.58. The zero-order valence-corrected chi connectivity index (χ0v) is 14.4. The highest BCUT2D eigenvalue weighted by molar-refractivity contribution is 5.89. The molecule has 1 aliphatic rings. The van der Waals surface area contributed by atoms with E-state index in [4.69, 9.17) is 4.98 Å². The molecule has 0 radical (unpaired) electrons.